The molecule has 7 nitrogen and oxygen atoms in total. The first-order valence-electron chi connectivity index (χ1n) is 11.0. The molecule has 1 heterocycles. The maximum Gasteiger partial charge on any atom is 0.308 e. The van der Waals surface area contributed by atoms with Crippen LogP contribution in [-0.4, -0.2) is 29.9 Å². The number of Topliss-reactive ketones (excluding diaryl/α,β-unsaturated/α-hetero) is 1. The highest BCUT2D eigenvalue weighted by Crippen LogP contribution is 2.42. The lowest BCUT2D eigenvalue weighted by molar-refractivity contribution is -0.132. The van der Waals surface area contributed by atoms with Crippen molar-refractivity contribution in [3.05, 3.63) is 94.6 Å². The Kier molecular flexibility index (Phi) is 6.42. The Morgan fingerprint density at radius 3 is 2.09 bits per heavy atom. The molecule has 1 atom stereocenters. The van der Waals surface area contributed by atoms with Gasteiger partial charge in [-0.05, 0) is 73.0 Å². The molecule has 7 heteroatoms. The summed E-state index contributed by atoms with van der Waals surface area (Å²) >= 11 is 0. The number of carbonyl (C=O) groups excluding carboxylic acids is 3. The summed E-state index contributed by atoms with van der Waals surface area (Å²) in [6, 6.07) is 17.7. The predicted molar refractivity (Wildman–Crippen MR) is 131 cm³/mol. The van der Waals surface area contributed by atoms with Crippen LogP contribution < -0.4 is 14.4 Å². The lowest BCUT2D eigenvalue weighted by Gasteiger charge is -2.25. The van der Waals surface area contributed by atoms with Gasteiger partial charge in [0, 0.05) is 18.2 Å². The molecule has 0 saturated carbocycles. The van der Waals surface area contributed by atoms with E-state index in [0.717, 1.165) is 11.1 Å². The number of nitrogens with zero attached hydrogens (tertiary/aromatic N) is 1. The van der Waals surface area contributed by atoms with E-state index in [1.807, 2.05) is 19.9 Å². The largest absolute Gasteiger partial charge is 0.507 e. The van der Waals surface area contributed by atoms with Crippen LogP contribution in [0.5, 0.6) is 11.5 Å². The molecule has 1 aliphatic rings. The van der Waals surface area contributed by atoms with Crippen molar-refractivity contribution in [2.75, 3.05) is 12.0 Å². The lowest BCUT2D eigenvalue weighted by Crippen LogP contribution is -2.29. The van der Waals surface area contributed by atoms with E-state index >= 15 is 0 Å². The van der Waals surface area contributed by atoms with Crippen molar-refractivity contribution < 1.29 is 29.0 Å². The number of hydrogen-bond donors (Lipinski definition) is 1. The number of aryl methyl sites for hydroxylation is 2. The zero-order valence-electron chi connectivity index (χ0n) is 19.9. The minimum atomic E-state index is -0.892. The molecule has 1 amide bonds. The van der Waals surface area contributed by atoms with Crippen LogP contribution in [-0.2, 0) is 14.4 Å². The van der Waals surface area contributed by atoms with Gasteiger partial charge >= 0.3 is 5.97 Å². The van der Waals surface area contributed by atoms with Gasteiger partial charge in [-0.2, -0.15) is 0 Å². The average molecular weight is 472 g/mol. The zero-order chi connectivity index (χ0) is 25.3. The van der Waals surface area contributed by atoms with Crippen molar-refractivity contribution in [1.82, 2.24) is 0 Å². The third-order valence-corrected chi connectivity index (χ3v) is 6.03. The first-order chi connectivity index (χ1) is 16.7. The van der Waals surface area contributed by atoms with Crippen LogP contribution in [0.1, 0.15) is 35.2 Å². The topological polar surface area (TPSA) is 93.1 Å². The number of aliphatic hydroxyl groups is 1. The summed E-state index contributed by atoms with van der Waals surface area (Å²) in [6.07, 6.45) is 0. The summed E-state index contributed by atoms with van der Waals surface area (Å²) in [7, 11) is 1.54. The van der Waals surface area contributed by atoms with E-state index in [1.165, 1.54) is 18.9 Å². The molecular weight excluding hydrogens is 446 g/mol. The summed E-state index contributed by atoms with van der Waals surface area (Å²) < 4.78 is 10.3. The zero-order valence-corrected chi connectivity index (χ0v) is 19.9. The first-order valence-corrected chi connectivity index (χ1v) is 11.0. The molecule has 0 radical (unpaired) electrons. The van der Waals surface area contributed by atoms with Gasteiger partial charge in [0.1, 0.15) is 17.3 Å². The molecule has 178 valence electrons. The lowest BCUT2D eigenvalue weighted by atomic mass is 9.94. The molecule has 1 N–H and O–H groups in total. The number of ether oxygens (including phenoxy) is 2. The quantitative estimate of drug-likeness (QED) is 0.188. The molecule has 1 saturated heterocycles. The van der Waals surface area contributed by atoms with Crippen LogP contribution in [0.2, 0.25) is 0 Å². The van der Waals surface area contributed by atoms with Crippen LogP contribution in [0.15, 0.2) is 72.3 Å². The van der Waals surface area contributed by atoms with E-state index < -0.39 is 23.7 Å². The maximum absolute atomic E-state index is 13.3. The van der Waals surface area contributed by atoms with Gasteiger partial charge in [0.05, 0.1) is 18.7 Å². The van der Waals surface area contributed by atoms with E-state index in [-0.39, 0.29) is 11.3 Å². The normalized spacial score (nSPS) is 16.9. The van der Waals surface area contributed by atoms with Crippen LogP contribution in [0, 0.1) is 13.8 Å². The van der Waals surface area contributed by atoms with Crippen LogP contribution >= 0.6 is 0 Å². The molecule has 0 aliphatic carbocycles. The number of ketones is 1. The number of rotatable bonds is 5. The van der Waals surface area contributed by atoms with Gasteiger partial charge in [-0.15, -0.1) is 0 Å². The number of carbonyl (C=O) groups is 3. The molecule has 3 aromatic carbocycles. The number of aliphatic hydroxyl groups excluding tert-OH is 1. The molecule has 3 aromatic rings. The smallest absolute Gasteiger partial charge is 0.308 e. The minimum absolute atomic E-state index is 0.0192. The molecule has 0 spiro atoms. The van der Waals surface area contributed by atoms with E-state index in [0.29, 0.717) is 28.3 Å². The third-order valence-electron chi connectivity index (χ3n) is 6.03. The number of hydrogen-bond acceptors (Lipinski definition) is 6. The molecule has 1 aliphatic heterocycles. The number of amides is 1. The molecular formula is C28H25NO6. The summed E-state index contributed by atoms with van der Waals surface area (Å²) in [5.41, 5.74) is 3.46. The van der Waals surface area contributed by atoms with E-state index in [4.69, 9.17) is 9.47 Å². The van der Waals surface area contributed by atoms with Gasteiger partial charge in [0.15, 0.2) is 0 Å². The Hall–Kier alpha value is -4.39. The third kappa shape index (κ3) is 4.53. The molecule has 0 aromatic heterocycles. The highest BCUT2D eigenvalue weighted by molar-refractivity contribution is 6.51. The second-order valence-corrected chi connectivity index (χ2v) is 8.33. The number of esters is 1. The molecule has 35 heavy (non-hydrogen) atoms. The Morgan fingerprint density at radius 2 is 1.51 bits per heavy atom. The van der Waals surface area contributed by atoms with Gasteiger partial charge < -0.3 is 14.6 Å². The predicted octanol–water partition coefficient (Wildman–Crippen LogP) is 4.86. The monoisotopic (exact) mass is 471 g/mol. The van der Waals surface area contributed by atoms with Crippen molar-refractivity contribution in [3.63, 3.8) is 0 Å². The van der Waals surface area contributed by atoms with Crippen molar-refractivity contribution in [2.24, 2.45) is 0 Å². The van der Waals surface area contributed by atoms with Crippen molar-refractivity contribution in [1.29, 1.82) is 0 Å². The summed E-state index contributed by atoms with van der Waals surface area (Å²) in [5.74, 6) is -1.33. The minimum Gasteiger partial charge on any atom is -0.507 e. The summed E-state index contributed by atoms with van der Waals surface area (Å²) in [4.78, 5) is 39.2. The van der Waals surface area contributed by atoms with E-state index in [2.05, 4.69) is 0 Å². The molecule has 0 bridgehead atoms. The fraction of sp³-hybridized carbons (Fsp3) is 0.179. The SMILES string of the molecule is COc1ccc(N2C(=O)C(=O)/C(=C(\O)c3ccc(C)c(C)c3)C2c2ccc(OC(C)=O)cc2)cc1. The van der Waals surface area contributed by atoms with Gasteiger partial charge in [0.2, 0.25) is 0 Å². The van der Waals surface area contributed by atoms with Crippen LogP contribution in [0.4, 0.5) is 5.69 Å². The Bertz CT molecular complexity index is 1340. The fourth-order valence-electron chi connectivity index (χ4n) is 4.09. The fourth-order valence-corrected chi connectivity index (χ4v) is 4.09. The van der Waals surface area contributed by atoms with Gasteiger partial charge in [0.25, 0.3) is 11.7 Å². The van der Waals surface area contributed by atoms with Crippen molar-refractivity contribution in [3.8, 4) is 11.5 Å². The highest BCUT2D eigenvalue weighted by Gasteiger charge is 2.47. The summed E-state index contributed by atoms with van der Waals surface area (Å²) in [5, 5.41) is 11.3. The molecule has 1 fully saturated rings. The number of methoxy groups -OCH3 is 1. The van der Waals surface area contributed by atoms with Gasteiger partial charge in [-0.1, -0.05) is 24.3 Å². The van der Waals surface area contributed by atoms with Crippen molar-refractivity contribution in [2.45, 2.75) is 26.8 Å². The molecule has 4 rings (SSSR count). The average Bonchev–Trinajstić information content (AvgIpc) is 3.11. The summed E-state index contributed by atoms with van der Waals surface area (Å²) in [6.45, 7) is 5.16. The number of anilines is 1. The Balaban J connectivity index is 1.89. The van der Waals surface area contributed by atoms with Gasteiger partial charge in [-0.3, -0.25) is 19.3 Å². The molecule has 1 unspecified atom stereocenters. The van der Waals surface area contributed by atoms with Crippen LogP contribution in [0.3, 0.4) is 0 Å². The van der Waals surface area contributed by atoms with Gasteiger partial charge in [-0.25, -0.2) is 0 Å². The van der Waals surface area contributed by atoms with Crippen molar-refractivity contribution >= 4 is 29.1 Å². The van der Waals surface area contributed by atoms with E-state index in [9.17, 15) is 19.5 Å². The second kappa shape index (κ2) is 9.46. The standard InChI is InChI=1S/C28H25NO6/c1-16-5-6-20(15-17(16)2)26(31)24-25(19-7-11-23(12-8-19)35-18(3)30)29(28(33)27(24)32)21-9-13-22(34-4)14-10-21/h5-15,25,31H,1-4H3/b26-24-. The Labute approximate surface area is 203 Å². The second-order valence-electron chi connectivity index (χ2n) is 8.33. The number of benzene rings is 3. The highest BCUT2D eigenvalue weighted by atomic mass is 16.5. The Morgan fingerprint density at radius 1 is 0.886 bits per heavy atom. The van der Waals surface area contributed by atoms with E-state index in [1.54, 1.807) is 60.7 Å². The van der Waals surface area contributed by atoms with Crippen LogP contribution in [0.25, 0.3) is 5.76 Å². The first kappa shape index (κ1) is 23.8. The maximum atomic E-state index is 13.3.